The van der Waals surface area contributed by atoms with Gasteiger partial charge in [0.25, 0.3) is 0 Å². The van der Waals surface area contributed by atoms with Gasteiger partial charge in [-0.05, 0) is 57.0 Å². The van der Waals surface area contributed by atoms with Crippen molar-refractivity contribution in [3.63, 3.8) is 0 Å². The fourth-order valence-electron chi connectivity index (χ4n) is 1.78. The average molecular weight is 319 g/mol. The summed E-state index contributed by atoms with van der Waals surface area (Å²) in [5, 5.41) is 3.82. The van der Waals surface area contributed by atoms with E-state index in [0.717, 1.165) is 31.5 Å². The number of anilines is 1. The average Bonchev–Trinajstić information content (AvgIpc) is 2.39. The first-order valence-corrected chi connectivity index (χ1v) is 8.95. The summed E-state index contributed by atoms with van der Waals surface area (Å²) < 4.78 is 26.6. The van der Waals surface area contributed by atoms with E-state index in [1.54, 1.807) is 25.1 Å². The zero-order valence-electron chi connectivity index (χ0n) is 12.1. The van der Waals surface area contributed by atoms with Crippen LogP contribution in [-0.2, 0) is 10.0 Å². The van der Waals surface area contributed by atoms with Gasteiger partial charge < -0.3 is 5.32 Å². The molecule has 0 fully saturated rings. The van der Waals surface area contributed by atoms with E-state index < -0.39 is 10.0 Å². The van der Waals surface area contributed by atoms with Gasteiger partial charge >= 0.3 is 0 Å². The van der Waals surface area contributed by atoms with Gasteiger partial charge in [-0.3, -0.25) is 4.72 Å². The molecule has 0 aromatic heterocycles. The second kappa shape index (κ2) is 8.49. The first-order valence-electron chi connectivity index (χ1n) is 6.92. The molecule has 0 aliphatic heterocycles. The Morgan fingerprint density at radius 2 is 1.95 bits per heavy atom. The van der Waals surface area contributed by atoms with Gasteiger partial charge in [-0.1, -0.05) is 24.6 Å². The molecule has 6 heteroatoms. The first-order chi connectivity index (χ1) is 9.46. The second-order valence-corrected chi connectivity index (χ2v) is 7.04. The molecule has 2 N–H and O–H groups in total. The minimum Gasteiger partial charge on any atom is -0.317 e. The molecule has 0 amide bonds. The third kappa shape index (κ3) is 6.11. The van der Waals surface area contributed by atoms with Crippen molar-refractivity contribution in [1.29, 1.82) is 0 Å². The lowest BCUT2D eigenvalue weighted by Crippen LogP contribution is -2.20. The van der Waals surface area contributed by atoms with E-state index in [1.165, 1.54) is 0 Å². The van der Waals surface area contributed by atoms with Crippen LogP contribution in [-0.4, -0.2) is 27.3 Å². The van der Waals surface area contributed by atoms with Crippen LogP contribution in [0.25, 0.3) is 0 Å². The third-order valence-electron chi connectivity index (χ3n) is 2.98. The molecule has 1 aromatic rings. The second-order valence-electron chi connectivity index (χ2n) is 4.79. The molecule has 0 aliphatic carbocycles. The van der Waals surface area contributed by atoms with Crippen LogP contribution in [0.15, 0.2) is 18.2 Å². The maximum absolute atomic E-state index is 12.0. The molecule has 20 heavy (non-hydrogen) atoms. The maximum atomic E-state index is 12.0. The smallest absolute Gasteiger partial charge is 0.232 e. The monoisotopic (exact) mass is 318 g/mol. The molecular formula is C14H23ClN2O2S. The molecule has 0 heterocycles. The molecule has 1 rings (SSSR count). The van der Waals surface area contributed by atoms with Gasteiger partial charge in [0, 0.05) is 5.02 Å². The first kappa shape index (κ1) is 17.3. The molecule has 0 spiro atoms. The Labute approximate surface area is 127 Å². The molecule has 0 saturated heterocycles. The molecule has 0 atom stereocenters. The lowest BCUT2D eigenvalue weighted by molar-refractivity contribution is 0.590. The van der Waals surface area contributed by atoms with Gasteiger partial charge in [0.15, 0.2) is 0 Å². The highest BCUT2D eigenvalue weighted by molar-refractivity contribution is 7.92. The van der Waals surface area contributed by atoms with Crippen LogP contribution >= 0.6 is 11.6 Å². The summed E-state index contributed by atoms with van der Waals surface area (Å²) in [7, 11) is -3.30. The molecule has 0 saturated carbocycles. The number of hydrogen-bond acceptors (Lipinski definition) is 3. The van der Waals surface area contributed by atoms with Gasteiger partial charge in [0.05, 0.1) is 11.4 Å². The van der Waals surface area contributed by atoms with Crippen molar-refractivity contribution in [3.05, 3.63) is 28.8 Å². The molecule has 0 radical (unpaired) electrons. The van der Waals surface area contributed by atoms with Crippen LogP contribution in [0.5, 0.6) is 0 Å². The summed E-state index contributed by atoms with van der Waals surface area (Å²) in [6.45, 7) is 5.75. The van der Waals surface area contributed by atoms with E-state index in [2.05, 4.69) is 17.0 Å². The van der Waals surface area contributed by atoms with Crippen LogP contribution in [0.4, 0.5) is 5.69 Å². The molecule has 114 valence electrons. The Morgan fingerprint density at radius 1 is 1.20 bits per heavy atom. The van der Waals surface area contributed by atoms with Gasteiger partial charge in [-0.15, -0.1) is 0 Å². The predicted molar refractivity (Wildman–Crippen MR) is 86.0 cm³/mol. The van der Waals surface area contributed by atoms with Crippen molar-refractivity contribution in [1.82, 2.24) is 5.32 Å². The van der Waals surface area contributed by atoms with Crippen molar-refractivity contribution in [2.24, 2.45) is 0 Å². The Morgan fingerprint density at radius 3 is 2.65 bits per heavy atom. The number of hydrogen-bond donors (Lipinski definition) is 2. The van der Waals surface area contributed by atoms with Crippen LogP contribution < -0.4 is 10.0 Å². The molecule has 0 aliphatic rings. The Kier molecular flexibility index (Phi) is 7.34. The Bertz CT molecular complexity index is 518. The van der Waals surface area contributed by atoms with Crippen molar-refractivity contribution in [2.75, 3.05) is 23.6 Å². The van der Waals surface area contributed by atoms with E-state index in [4.69, 9.17) is 11.6 Å². The number of benzene rings is 1. The highest BCUT2D eigenvalue weighted by Crippen LogP contribution is 2.23. The van der Waals surface area contributed by atoms with E-state index in [9.17, 15) is 8.42 Å². The van der Waals surface area contributed by atoms with Crippen molar-refractivity contribution in [3.8, 4) is 0 Å². The van der Waals surface area contributed by atoms with E-state index in [1.807, 2.05) is 0 Å². The van der Waals surface area contributed by atoms with Gasteiger partial charge in [0.1, 0.15) is 0 Å². The lowest BCUT2D eigenvalue weighted by Gasteiger charge is -2.11. The molecule has 0 bridgehead atoms. The zero-order chi connectivity index (χ0) is 15.0. The maximum Gasteiger partial charge on any atom is 0.232 e. The molecule has 1 aromatic carbocycles. The Hall–Kier alpha value is -0.780. The van der Waals surface area contributed by atoms with Crippen molar-refractivity contribution in [2.45, 2.75) is 33.1 Å². The highest BCUT2D eigenvalue weighted by Gasteiger charge is 2.12. The largest absolute Gasteiger partial charge is 0.317 e. The van der Waals surface area contributed by atoms with E-state index in [-0.39, 0.29) is 5.75 Å². The summed E-state index contributed by atoms with van der Waals surface area (Å²) in [6, 6.07) is 5.21. The predicted octanol–water partition coefficient (Wildman–Crippen LogP) is 3.17. The third-order valence-corrected chi connectivity index (χ3v) is 4.74. The topological polar surface area (TPSA) is 58.2 Å². The summed E-state index contributed by atoms with van der Waals surface area (Å²) in [5.74, 6) is 0.132. The quantitative estimate of drug-likeness (QED) is 0.688. The van der Waals surface area contributed by atoms with Gasteiger partial charge in [-0.25, -0.2) is 8.42 Å². The fraction of sp³-hybridized carbons (Fsp3) is 0.571. The van der Waals surface area contributed by atoms with E-state index >= 15 is 0 Å². The standard InChI is InChI=1S/C14H23ClN2O2S/c1-3-9-16-10-4-5-11-20(18,19)17-14-8-6-7-13(15)12(14)2/h6-8,16-17H,3-5,9-11H2,1-2H3. The molecule has 4 nitrogen and oxygen atoms in total. The number of unbranched alkanes of at least 4 members (excludes halogenated alkanes) is 1. The summed E-state index contributed by atoms with van der Waals surface area (Å²) in [6.07, 6.45) is 2.59. The lowest BCUT2D eigenvalue weighted by atomic mass is 10.2. The van der Waals surface area contributed by atoms with Crippen molar-refractivity contribution < 1.29 is 8.42 Å². The minimum atomic E-state index is -3.30. The van der Waals surface area contributed by atoms with Gasteiger partial charge in [0.2, 0.25) is 10.0 Å². The highest BCUT2D eigenvalue weighted by atomic mass is 35.5. The van der Waals surface area contributed by atoms with Crippen LogP contribution in [0.3, 0.4) is 0 Å². The summed E-state index contributed by atoms with van der Waals surface area (Å²) >= 11 is 5.97. The molecule has 0 unspecified atom stereocenters. The normalized spacial score (nSPS) is 11.6. The van der Waals surface area contributed by atoms with Crippen LogP contribution in [0.2, 0.25) is 5.02 Å². The summed E-state index contributed by atoms with van der Waals surface area (Å²) in [4.78, 5) is 0. The zero-order valence-corrected chi connectivity index (χ0v) is 13.6. The van der Waals surface area contributed by atoms with Crippen LogP contribution in [0.1, 0.15) is 31.7 Å². The number of rotatable bonds is 9. The van der Waals surface area contributed by atoms with E-state index in [0.29, 0.717) is 17.1 Å². The van der Waals surface area contributed by atoms with Crippen molar-refractivity contribution >= 4 is 27.3 Å². The number of halogens is 1. The SMILES string of the molecule is CCCNCCCCS(=O)(=O)Nc1cccc(Cl)c1C. The fourth-order valence-corrected chi connectivity index (χ4v) is 3.20. The Balaban J connectivity index is 2.43. The summed E-state index contributed by atoms with van der Waals surface area (Å²) in [5.41, 5.74) is 1.31. The van der Waals surface area contributed by atoms with Gasteiger partial charge in [-0.2, -0.15) is 0 Å². The molecular weight excluding hydrogens is 296 g/mol. The van der Waals surface area contributed by atoms with Crippen LogP contribution in [0, 0.1) is 6.92 Å². The number of sulfonamides is 1. The number of nitrogens with one attached hydrogen (secondary N) is 2. The minimum absolute atomic E-state index is 0.132.